The molecule has 0 saturated heterocycles. The van der Waals surface area contributed by atoms with Gasteiger partial charge in [-0.05, 0) is 0 Å². The molecule has 0 aliphatic rings. The maximum Gasteiger partial charge on any atom is 4.00 e. The number of hydrogen-bond acceptors (Lipinski definition) is 0. The molecule has 0 atom stereocenters. The zero-order valence-corrected chi connectivity index (χ0v) is 6.68. The average Bonchev–Trinajstić information content (AvgIpc) is 2.03. The van der Waals surface area contributed by atoms with Gasteiger partial charge in [-0.25, -0.2) is 26.9 Å². The van der Waals surface area contributed by atoms with Crippen LogP contribution in [-0.4, -0.2) is 26.9 Å². The third kappa shape index (κ3) is 586. The Morgan fingerprint density at radius 1 is 0.444 bits per heavy atom. The summed E-state index contributed by atoms with van der Waals surface area (Å²) in [7, 11) is 0. The summed E-state index contributed by atoms with van der Waals surface area (Å²) in [5, 5.41) is 27.0. The van der Waals surface area contributed by atoms with E-state index in [2.05, 4.69) is 26.9 Å². The van der Waals surface area contributed by atoms with Crippen molar-refractivity contribution in [1.29, 1.82) is 0 Å². The number of hydrogen-bond donors (Lipinski definition) is 0. The van der Waals surface area contributed by atoms with Gasteiger partial charge in [0.15, 0.2) is 0 Å². The topological polar surface area (TPSA) is 89.2 Å². The Kier molecular flexibility index (Phi) is 3650. The molecule has 9 heavy (non-hydrogen) atoms. The molecule has 0 spiro atoms. The fourth-order valence-electron chi connectivity index (χ4n) is 0. The van der Waals surface area contributed by atoms with Crippen LogP contribution >= 0.6 is 0 Å². The van der Waals surface area contributed by atoms with Gasteiger partial charge in [0.25, 0.3) is 0 Å². The molecule has 48 valence electrons. The molecule has 0 bridgehead atoms. The van der Waals surface area contributed by atoms with Crippen molar-refractivity contribution >= 4 is 26.9 Å². The summed E-state index contributed by atoms with van der Waals surface area (Å²) in [4.78, 5) is 0. The predicted molar refractivity (Wildman–Crippen MR) is 41.9 cm³/mol. The monoisotopic (exact) mass is 160 g/mol. The normalized spacial score (nSPS) is 1.78. The quantitative estimate of drug-likeness (QED) is 0.374. The van der Waals surface area contributed by atoms with Crippen LogP contribution in [-0.2, 0) is 21.7 Å². The minimum Gasteiger partial charge on any atom is -0.817 e. The maximum absolute atomic E-state index is 6.75. The molecule has 0 unspecified atom stereocenters. The van der Waals surface area contributed by atoms with E-state index in [1.807, 2.05) is 0 Å². The molecule has 0 rings (SSSR count). The maximum atomic E-state index is 6.75. The van der Waals surface area contributed by atoms with E-state index < -0.39 is 0 Å². The Labute approximate surface area is 70.6 Å². The molecular weight excluding hydrogens is 152 g/mol. The first-order valence-corrected chi connectivity index (χ1v) is 1.26. The van der Waals surface area contributed by atoms with Crippen molar-refractivity contribution in [3.05, 3.63) is 21.6 Å². The molecule has 0 amide bonds. The van der Waals surface area contributed by atoms with Crippen molar-refractivity contribution in [3.8, 4) is 0 Å². The van der Waals surface area contributed by atoms with Gasteiger partial charge in [0.1, 0.15) is 0 Å². The smallest absolute Gasteiger partial charge is 0.817 e. The molecule has 0 aromatic carbocycles. The summed E-state index contributed by atoms with van der Waals surface area (Å²) in [5.74, 6) is 0. The van der Waals surface area contributed by atoms with E-state index in [1.165, 1.54) is 0 Å². The number of rotatable bonds is 0. The molecule has 0 saturated carbocycles. The summed E-state index contributed by atoms with van der Waals surface area (Å²) in [6.07, 6.45) is 0. The van der Waals surface area contributed by atoms with Crippen LogP contribution in [0.4, 0.5) is 0 Å². The Bertz CT molecular complexity index is 20.5. The van der Waals surface area contributed by atoms with E-state index in [4.69, 9.17) is 21.6 Å². The van der Waals surface area contributed by atoms with Crippen LogP contribution < -0.4 is 0 Å². The van der Waals surface area contributed by atoms with E-state index in [9.17, 15) is 0 Å². The van der Waals surface area contributed by atoms with E-state index in [1.54, 1.807) is 0 Å². The second kappa shape index (κ2) is 824. The molecule has 0 fully saturated rings. The second-order valence-corrected chi connectivity index (χ2v) is 0. The fourth-order valence-corrected chi connectivity index (χ4v) is 0. The van der Waals surface area contributed by atoms with Crippen molar-refractivity contribution in [2.24, 2.45) is 0 Å². The zero-order chi connectivity index (χ0) is 8.00. The summed E-state index contributed by atoms with van der Waals surface area (Å²) in [6.45, 7) is 9.00. The van der Waals surface area contributed by atoms with Crippen LogP contribution in [0.3, 0.4) is 0 Å². The van der Waals surface area contributed by atoms with Gasteiger partial charge >= 0.3 is 21.7 Å². The Morgan fingerprint density at radius 2 is 0.444 bits per heavy atom. The second-order valence-electron chi connectivity index (χ2n) is 0. The summed E-state index contributed by atoms with van der Waals surface area (Å²) < 4.78 is 0. The fraction of sp³-hybridized carbons (Fsp3) is 0. The van der Waals surface area contributed by atoms with Crippen LogP contribution in [0.1, 0.15) is 0 Å². The van der Waals surface area contributed by atoms with E-state index in [0.717, 1.165) is 0 Å². The molecule has 4 nitrogen and oxygen atoms in total. The van der Waals surface area contributed by atoms with Crippen LogP contribution in [0, 0.1) is 0 Å². The molecule has 0 aromatic heterocycles. The van der Waals surface area contributed by atoms with Gasteiger partial charge in [-0.1, -0.05) is 0 Å². The third-order valence-corrected chi connectivity index (χ3v) is 0. The molecule has 0 aliphatic heterocycles. The van der Waals surface area contributed by atoms with Crippen LogP contribution in [0.2, 0.25) is 0 Å². The average molecular weight is 160 g/mol. The molecule has 0 aromatic rings. The van der Waals surface area contributed by atoms with Gasteiger partial charge < -0.3 is 21.6 Å². The Hall–Kier alpha value is -0.606. The van der Waals surface area contributed by atoms with Crippen LogP contribution in [0.5, 0.6) is 0 Å². The van der Waals surface area contributed by atoms with Gasteiger partial charge in [-0.2, -0.15) is 0 Å². The van der Waals surface area contributed by atoms with Crippen molar-refractivity contribution in [3.63, 3.8) is 0 Å². The van der Waals surface area contributed by atoms with Crippen molar-refractivity contribution in [1.82, 2.24) is 0 Å². The Balaban J connectivity index is -0.00000000762. The number of nitrogens with zero attached hydrogens (tertiary/aromatic N) is 4. The van der Waals surface area contributed by atoms with Gasteiger partial charge in [-0.3, -0.25) is 0 Å². The standard InChI is InChI=1S/4CH2N.Ti/c4*1-2;/h4*1H2;/q4*-1;+4. The van der Waals surface area contributed by atoms with E-state index >= 15 is 0 Å². The van der Waals surface area contributed by atoms with Crippen molar-refractivity contribution < 1.29 is 21.7 Å². The van der Waals surface area contributed by atoms with Gasteiger partial charge in [-0.15, -0.1) is 0 Å². The first-order valence-electron chi connectivity index (χ1n) is 1.26. The van der Waals surface area contributed by atoms with E-state index in [0.29, 0.717) is 0 Å². The molecule has 5 heteroatoms. The molecule has 0 heterocycles. The van der Waals surface area contributed by atoms with Gasteiger partial charge in [0, 0.05) is 0 Å². The first kappa shape index (κ1) is 39.8. The van der Waals surface area contributed by atoms with Crippen LogP contribution in [0.25, 0.3) is 21.6 Å². The first-order chi connectivity index (χ1) is 4.00. The zero-order valence-electron chi connectivity index (χ0n) is 5.12. The van der Waals surface area contributed by atoms with E-state index in [-0.39, 0.29) is 21.7 Å². The molecule has 0 N–H and O–H groups in total. The summed E-state index contributed by atoms with van der Waals surface area (Å²) in [6, 6.07) is 0. The largest absolute Gasteiger partial charge is 4.00 e. The SMILES string of the molecule is C=[N-].C=[N-].C=[N-].C=[N-].[Ti+4]. The predicted octanol–water partition coefficient (Wildman–Crippen LogP) is 1.02. The van der Waals surface area contributed by atoms with Gasteiger partial charge in [0.2, 0.25) is 0 Å². The minimum atomic E-state index is 0. The van der Waals surface area contributed by atoms with Crippen LogP contribution in [0.15, 0.2) is 0 Å². The Morgan fingerprint density at radius 3 is 0.444 bits per heavy atom. The third-order valence-electron chi connectivity index (χ3n) is 0. The van der Waals surface area contributed by atoms with Gasteiger partial charge in [0.05, 0.1) is 0 Å². The summed E-state index contributed by atoms with van der Waals surface area (Å²) >= 11 is 0. The van der Waals surface area contributed by atoms with Crippen molar-refractivity contribution in [2.75, 3.05) is 0 Å². The molecule has 0 aliphatic carbocycles. The summed E-state index contributed by atoms with van der Waals surface area (Å²) in [5.41, 5.74) is 0. The molecular formula is C4H8N4Ti. The minimum absolute atomic E-state index is 0. The van der Waals surface area contributed by atoms with Crippen molar-refractivity contribution in [2.45, 2.75) is 0 Å². The molecule has 0 radical (unpaired) electrons.